The van der Waals surface area contributed by atoms with Gasteiger partial charge < -0.3 is 10.2 Å². The van der Waals surface area contributed by atoms with Crippen molar-refractivity contribution in [2.75, 3.05) is 6.54 Å². The molecule has 0 radical (unpaired) electrons. The maximum absolute atomic E-state index is 13.0. The minimum atomic E-state index is -0.418. The van der Waals surface area contributed by atoms with Crippen LogP contribution in [-0.2, 0) is 22.7 Å². The predicted molar refractivity (Wildman–Crippen MR) is 125 cm³/mol. The van der Waals surface area contributed by atoms with E-state index in [1.807, 2.05) is 49.0 Å². The maximum Gasteiger partial charge on any atom is 0.243 e. The Balaban J connectivity index is 1.46. The van der Waals surface area contributed by atoms with E-state index in [0.717, 1.165) is 29.7 Å². The van der Waals surface area contributed by atoms with Crippen LogP contribution in [0, 0.1) is 5.92 Å². The summed E-state index contributed by atoms with van der Waals surface area (Å²) in [4.78, 5) is 27.0. The largest absolute Gasteiger partial charge is 0.350 e. The number of aromatic nitrogens is 2. The molecule has 6 heteroatoms. The molecular weight excluding hydrogens is 400 g/mol. The topological polar surface area (TPSA) is 67.2 Å². The fourth-order valence-corrected chi connectivity index (χ4v) is 4.38. The van der Waals surface area contributed by atoms with Crippen LogP contribution in [-0.4, -0.2) is 39.1 Å². The molecule has 1 saturated heterocycles. The number of carbonyl (C=O) groups excluding carboxylic acids is 2. The highest BCUT2D eigenvalue weighted by Crippen LogP contribution is 2.25. The Kier molecular flexibility index (Phi) is 6.69. The van der Waals surface area contributed by atoms with Gasteiger partial charge in [0.1, 0.15) is 6.04 Å². The molecule has 1 aromatic heterocycles. The van der Waals surface area contributed by atoms with Gasteiger partial charge in [0, 0.05) is 31.9 Å². The molecular formula is C26H30N4O2. The van der Waals surface area contributed by atoms with Crippen molar-refractivity contribution in [3.8, 4) is 11.1 Å². The summed E-state index contributed by atoms with van der Waals surface area (Å²) in [6.45, 7) is 5.81. The minimum absolute atomic E-state index is 0.0645. The number of hydrogen-bond acceptors (Lipinski definition) is 3. The zero-order valence-electron chi connectivity index (χ0n) is 18.7. The first kappa shape index (κ1) is 21.8. The van der Waals surface area contributed by atoms with Crippen molar-refractivity contribution < 1.29 is 9.59 Å². The summed E-state index contributed by atoms with van der Waals surface area (Å²) in [5, 5.41) is 7.34. The Morgan fingerprint density at radius 3 is 2.53 bits per heavy atom. The molecule has 2 amide bonds. The van der Waals surface area contributed by atoms with Crippen LogP contribution in [0.15, 0.2) is 67.0 Å². The molecule has 6 nitrogen and oxygen atoms in total. The average Bonchev–Trinajstić information content (AvgIpc) is 3.45. The predicted octanol–water partition coefficient (Wildman–Crippen LogP) is 3.86. The van der Waals surface area contributed by atoms with Gasteiger partial charge in [-0.15, -0.1) is 0 Å². The Bertz CT molecular complexity index is 1060. The zero-order chi connectivity index (χ0) is 22.5. The number of amides is 2. The molecule has 2 aromatic carbocycles. The average molecular weight is 431 g/mol. The van der Waals surface area contributed by atoms with Crippen LogP contribution in [0.4, 0.5) is 0 Å². The van der Waals surface area contributed by atoms with E-state index in [9.17, 15) is 9.59 Å². The Hall–Kier alpha value is -3.41. The molecule has 1 unspecified atom stereocenters. The van der Waals surface area contributed by atoms with Gasteiger partial charge in [0.25, 0.3) is 0 Å². The molecule has 0 aliphatic carbocycles. The second-order valence-electron chi connectivity index (χ2n) is 8.66. The van der Waals surface area contributed by atoms with Gasteiger partial charge in [0.2, 0.25) is 11.8 Å². The lowest BCUT2D eigenvalue weighted by Crippen LogP contribution is -2.50. The lowest BCUT2D eigenvalue weighted by atomic mass is 9.98. The molecule has 0 spiro atoms. The number of rotatable bonds is 8. The van der Waals surface area contributed by atoms with Crippen LogP contribution in [0.2, 0.25) is 0 Å². The quantitative estimate of drug-likeness (QED) is 0.590. The molecule has 2 heterocycles. The molecule has 1 atom stereocenters. The third kappa shape index (κ3) is 4.90. The number of hydrogen-bond donors (Lipinski definition) is 1. The van der Waals surface area contributed by atoms with Crippen LogP contribution in [0.25, 0.3) is 11.1 Å². The van der Waals surface area contributed by atoms with Crippen LogP contribution in [0.3, 0.4) is 0 Å². The van der Waals surface area contributed by atoms with Crippen molar-refractivity contribution in [2.45, 2.75) is 45.8 Å². The second-order valence-corrected chi connectivity index (χ2v) is 8.66. The molecule has 1 N–H and O–H groups in total. The van der Waals surface area contributed by atoms with Crippen molar-refractivity contribution in [1.29, 1.82) is 0 Å². The van der Waals surface area contributed by atoms with Gasteiger partial charge in [-0.3, -0.25) is 14.3 Å². The van der Waals surface area contributed by atoms with Crippen molar-refractivity contribution in [1.82, 2.24) is 20.0 Å². The minimum Gasteiger partial charge on any atom is -0.350 e. The number of nitrogens with one attached hydrogen (secondary N) is 1. The van der Waals surface area contributed by atoms with Crippen LogP contribution in [0.1, 0.15) is 37.8 Å². The SMILES string of the molecule is CC(C)C(C(=O)NCc1ccccc1-c1ccc(Cn2cccn2)cc1)N1CCCC1=O. The maximum atomic E-state index is 13.0. The molecule has 3 aromatic rings. The van der Waals surface area contributed by atoms with Crippen molar-refractivity contribution in [3.63, 3.8) is 0 Å². The van der Waals surface area contributed by atoms with Gasteiger partial charge >= 0.3 is 0 Å². The lowest BCUT2D eigenvalue weighted by Gasteiger charge is -2.30. The molecule has 32 heavy (non-hydrogen) atoms. The van der Waals surface area contributed by atoms with Crippen molar-refractivity contribution in [2.24, 2.45) is 5.92 Å². The summed E-state index contributed by atoms with van der Waals surface area (Å²) in [7, 11) is 0. The Morgan fingerprint density at radius 1 is 1.09 bits per heavy atom. The van der Waals surface area contributed by atoms with Gasteiger partial charge in [-0.1, -0.05) is 62.4 Å². The van der Waals surface area contributed by atoms with Gasteiger partial charge in [-0.2, -0.15) is 5.10 Å². The first-order valence-electron chi connectivity index (χ1n) is 11.2. The van der Waals surface area contributed by atoms with Crippen LogP contribution >= 0.6 is 0 Å². The molecule has 1 fully saturated rings. The van der Waals surface area contributed by atoms with Gasteiger partial charge in [-0.25, -0.2) is 0 Å². The van der Waals surface area contributed by atoms with E-state index < -0.39 is 6.04 Å². The third-order valence-electron chi connectivity index (χ3n) is 5.99. The van der Waals surface area contributed by atoms with Crippen LogP contribution in [0.5, 0.6) is 0 Å². The zero-order valence-corrected chi connectivity index (χ0v) is 18.7. The molecule has 166 valence electrons. The smallest absolute Gasteiger partial charge is 0.243 e. The second kappa shape index (κ2) is 9.81. The molecule has 0 bridgehead atoms. The van der Waals surface area contributed by atoms with Crippen LogP contribution < -0.4 is 5.32 Å². The third-order valence-corrected chi connectivity index (χ3v) is 5.99. The highest BCUT2D eigenvalue weighted by Gasteiger charge is 2.34. The standard InChI is InChI=1S/C26H30N4O2/c1-19(2)25(30-16-5-9-24(30)31)26(32)27-17-22-7-3-4-8-23(22)21-12-10-20(11-13-21)18-29-15-6-14-28-29/h3-4,6-8,10-15,19,25H,5,9,16-18H2,1-2H3,(H,27,32). The lowest BCUT2D eigenvalue weighted by molar-refractivity contribution is -0.139. The van der Waals surface area contributed by atoms with E-state index in [-0.39, 0.29) is 17.7 Å². The summed E-state index contributed by atoms with van der Waals surface area (Å²) in [6.07, 6.45) is 5.10. The Morgan fingerprint density at radius 2 is 1.88 bits per heavy atom. The van der Waals surface area contributed by atoms with E-state index in [4.69, 9.17) is 0 Å². The molecule has 1 aliphatic rings. The van der Waals surface area contributed by atoms with Gasteiger partial charge in [0.05, 0.1) is 6.54 Å². The number of carbonyl (C=O) groups is 2. The number of benzene rings is 2. The van der Waals surface area contributed by atoms with E-state index in [1.54, 1.807) is 11.1 Å². The highest BCUT2D eigenvalue weighted by molar-refractivity contribution is 5.89. The monoisotopic (exact) mass is 430 g/mol. The van der Waals surface area contributed by atoms with Gasteiger partial charge in [-0.05, 0) is 40.7 Å². The van der Waals surface area contributed by atoms with E-state index in [1.165, 1.54) is 5.56 Å². The molecule has 0 saturated carbocycles. The first-order valence-corrected chi connectivity index (χ1v) is 11.2. The summed E-state index contributed by atoms with van der Waals surface area (Å²) < 4.78 is 1.90. The normalized spacial score (nSPS) is 14.7. The van der Waals surface area contributed by atoms with Crippen molar-refractivity contribution in [3.05, 3.63) is 78.1 Å². The fraction of sp³-hybridized carbons (Fsp3) is 0.346. The first-order chi connectivity index (χ1) is 15.5. The van der Waals surface area contributed by atoms with E-state index >= 15 is 0 Å². The molecule has 1 aliphatic heterocycles. The van der Waals surface area contributed by atoms with Crippen molar-refractivity contribution >= 4 is 11.8 Å². The Labute approximate surface area is 189 Å². The number of nitrogens with zero attached hydrogens (tertiary/aromatic N) is 3. The summed E-state index contributed by atoms with van der Waals surface area (Å²) >= 11 is 0. The number of likely N-dealkylation sites (tertiary alicyclic amines) is 1. The van der Waals surface area contributed by atoms with E-state index in [2.05, 4.69) is 40.7 Å². The summed E-state index contributed by atoms with van der Waals surface area (Å²) in [5.41, 5.74) is 4.43. The molecule has 4 rings (SSSR count). The highest BCUT2D eigenvalue weighted by atomic mass is 16.2. The van der Waals surface area contributed by atoms with E-state index in [0.29, 0.717) is 19.5 Å². The fourth-order valence-electron chi connectivity index (χ4n) is 4.38. The summed E-state index contributed by atoms with van der Waals surface area (Å²) in [6, 6.07) is 18.1. The van der Waals surface area contributed by atoms with Gasteiger partial charge in [0.15, 0.2) is 0 Å². The summed E-state index contributed by atoms with van der Waals surface area (Å²) in [5.74, 6) is 0.0590.